The average Bonchev–Trinajstić information content (AvgIpc) is 3.28. The van der Waals surface area contributed by atoms with Crippen molar-refractivity contribution in [2.24, 2.45) is 0 Å². The van der Waals surface area contributed by atoms with E-state index in [0.29, 0.717) is 23.8 Å². The first-order chi connectivity index (χ1) is 16.0. The number of nitrogen functional groups attached to an aromatic ring is 1. The molecule has 0 saturated heterocycles. The number of thiazole rings is 1. The van der Waals surface area contributed by atoms with Crippen molar-refractivity contribution in [3.8, 4) is 10.4 Å². The molecule has 3 amide bonds. The van der Waals surface area contributed by atoms with E-state index >= 15 is 0 Å². The smallest absolute Gasteiger partial charge is 0.404 e. The summed E-state index contributed by atoms with van der Waals surface area (Å²) >= 11 is 1.62. The van der Waals surface area contributed by atoms with Crippen LogP contribution in [0.2, 0.25) is 0 Å². The summed E-state index contributed by atoms with van der Waals surface area (Å²) in [6, 6.07) is 14.9. The average molecular weight is 466 g/mol. The third-order valence-electron chi connectivity index (χ3n) is 5.80. The van der Waals surface area contributed by atoms with E-state index in [2.05, 4.69) is 20.9 Å². The highest BCUT2D eigenvalue weighted by molar-refractivity contribution is 7.15. The lowest BCUT2D eigenvalue weighted by Gasteiger charge is -2.27. The summed E-state index contributed by atoms with van der Waals surface area (Å²) in [5.41, 5.74) is 9.39. The molecule has 8 nitrogen and oxygen atoms in total. The highest BCUT2D eigenvalue weighted by Gasteiger charge is 2.25. The Kier molecular flexibility index (Phi) is 7.09. The number of aromatic nitrogens is 1. The van der Waals surface area contributed by atoms with Crippen LogP contribution in [0.1, 0.15) is 42.2 Å². The van der Waals surface area contributed by atoms with Crippen molar-refractivity contribution in [2.75, 3.05) is 11.1 Å². The molecule has 6 N–H and O–H groups in total. The zero-order valence-electron chi connectivity index (χ0n) is 18.1. The first-order valence-electron chi connectivity index (χ1n) is 10.9. The van der Waals surface area contributed by atoms with Gasteiger partial charge < -0.3 is 26.8 Å². The molecule has 0 aliphatic heterocycles. The fourth-order valence-electron chi connectivity index (χ4n) is 4.08. The van der Waals surface area contributed by atoms with Crippen LogP contribution in [0.25, 0.3) is 10.4 Å². The quantitative estimate of drug-likeness (QED) is 0.327. The van der Waals surface area contributed by atoms with E-state index in [1.807, 2.05) is 48.7 Å². The van der Waals surface area contributed by atoms with Gasteiger partial charge in [-0.05, 0) is 49.4 Å². The molecule has 1 fully saturated rings. The second kappa shape index (κ2) is 10.4. The van der Waals surface area contributed by atoms with Crippen LogP contribution in [0, 0.1) is 0 Å². The molecule has 0 atom stereocenters. The summed E-state index contributed by atoms with van der Waals surface area (Å²) in [4.78, 5) is 28.6. The number of hydrogen-bond acceptors (Lipinski definition) is 5. The van der Waals surface area contributed by atoms with Gasteiger partial charge in [-0.3, -0.25) is 0 Å². The second-order valence-electron chi connectivity index (χ2n) is 8.16. The molecule has 1 aliphatic rings. The number of amides is 3. The van der Waals surface area contributed by atoms with Crippen LogP contribution in [0.4, 0.5) is 21.0 Å². The fraction of sp³-hybridized carbons (Fsp3) is 0.292. The number of benzene rings is 2. The number of carbonyl (C=O) groups is 2. The Morgan fingerprint density at radius 2 is 1.85 bits per heavy atom. The van der Waals surface area contributed by atoms with E-state index in [9.17, 15) is 9.59 Å². The number of rotatable bonds is 6. The molecule has 4 rings (SSSR count). The second-order valence-corrected chi connectivity index (χ2v) is 9.22. The number of hydrogen-bond donors (Lipinski definition) is 5. The molecule has 0 bridgehead atoms. The Labute approximate surface area is 196 Å². The van der Waals surface area contributed by atoms with Crippen molar-refractivity contribution in [2.45, 2.75) is 44.2 Å². The van der Waals surface area contributed by atoms with Gasteiger partial charge in [-0.1, -0.05) is 30.3 Å². The SMILES string of the molecule is Nc1cc(NC(=O)NCc2ccccc2)ccc1-c1cnc([C@H]2CC[C@H](NC(=O)O)CC2)s1. The molecule has 1 aromatic heterocycles. The summed E-state index contributed by atoms with van der Waals surface area (Å²) in [6.45, 7) is 0.443. The van der Waals surface area contributed by atoms with Crippen LogP contribution in [-0.2, 0) is 6.54 Å². The van der Waals surface area contributed by atoms with Crippen molar-refractivity contribution in [3.05, 3.63) is 65.3 Å². The molecule has 0 unspecified atom stereocenters. The third kappa shape index (κ3) is 6.01. The summed E-state index contributed by atoms with van der Waals surface area (Å²) in [6.07, 6.45) is 4.34. The molecule has 1 aliphatic carbocycles. The summed E-state index contributed by atoms with van der Waals surface area (Å²) in [7, 11) is 0. The molecule has 1 heterocycles. The summed E-state index contributed by atoms with van der Waals surface area (Å²) in [5.74, 6) is 0.339. The Balaban J connectivity index is 1.34. The van der Waals surface area contributed by atoms with Crippen LogP contribution in [-0.4, -0.2) is 28.3 Å². The van der Waals surface area contributed by atoms with E-state index in [0.717, 1.165) is 46.7 Å². The van der Waals surface area contributed by atoms with Crippen LogP contribution in [0.5, 0.6) is 0 Å². The van der Waals surface area contributed by atoms with E-state index in [1.54, 1.807) is 17.4 Å². The minimum atomic E-state index is -0.961. The largest absolute Gasteiger partial charge is 0.465 e. The van der Waals surface area contributed by atoms with E-state index in [4.69, 9.17) is 10.8 Å². The van der Waals surface area contributed by atoms with Crippen LogP contribution >= 0.6 is 11.3 Å². The number of anilines is 2. The van der Waals surface area contributed by atoms with Crippen LogP contribution < -0.4 is 21.7 Å². The molecular weight excluding hydrogens is 438 g/mol. The van der Waals surface area contributed by atoms with Gasteiger partial charge in [-0.2, -0.15) is 0 Å². The number of nitrogens with two attached hydrogens (primary N) is 1. The minimum Gasteiger partial charge on any atom is -0.465 e. The van der Waals surface area contributed by atoms with Gasteiger partial charge >= 0.3 is 12.1 Å². The van der Waals surface area contributed by atoms with Gasteiger partial charge in [-0.15, -0.1) is 11.3 Å². The first kappa shape index (κ1) is 22.6. The number of carboxylic acid groups (broad SMARTS) is 1. The molecule has 33 heavy (non-hydrogen) atoms. The topological polar surface area (TPSA) is 129 Å². The van der Waals surface area contributed by atoms with Crippen molar-refractivity contribution >= 4 is 34.8 Å². The minimum absolute atomic E-state index is 0.0266. The maximum atomic E-state index is 12.2. The Morgan fingerprint density at radius 3 is 2.55 bits per heavy atom. The van der Waals surface area contributed by atoms with E-state index < -0.39 is 6.09 Å². The summed E-state index contributed by atoms with van der Waals surface area (Å²) in [5, 5.41) is 18.2. The normalized spacial score (nSPS) is 17.8. The molecule has 2 aromatic carbocycles. The molecule has 1 saturated carbocycles. The van der Waals surface area contributed by atoms with E-state index in [-0.39, 0.29) is 12.1 Å². The number of urea groups is 1. The maximum Gasteiger partial charge on any atom is 0.404 e. The molecular formula is C24H27N5O3S. The standard InChI is InChI=1S/C24H27N5O3S/c25-20-12-18(28-23(30)27-13-15-4-2-1-3-5-15)10-11-19(20)21-14-26-22(33-21)16-6-8-17(9-7-16)29-24(31)32/h1-5,10-12,14,16-17,29H,6-9,13,25H2,(H,31,32)(H2,27,28,30)/t16-,17-. The first-order valence-corrected chi connectivity index (χ1v) is 11.7. The highest BCUT2D eigenvalue weighted by atomic mass is 32.1. The van der Waals surface area contributed by atoms with Crippen molar-refractivity contribution in [3.63, 3.8) is 0 Å². The number of carbonyl (C=O) groups excluding carboxylic acids is 1. The van der Waals surface area contributed by atoms with E-state index in [1.165, 1.54) is 0 Å². The highest BCUT2D eigenvalue weighted by Crippen LogP contribution is 2.39. The molecule has 3 aromatic rings. The van der Waals surface area contributed by atoms with Crippen LogP contribution in [0.3, 0.4) is 0 Å². The predicted octanol–water partition coefficient (Wildman–Crippen LogP) is 5.01. The molecule has 9 heteroatoms. The van der Waals surface area contributed by atoms with Gasteiger partial charge in [0.2, 0.25) is 0 Å². The lowest BCUT2D eigenvalue weighted by atomic mass is 9.86. The Hall–Kier alpha value is -3.59. The predicted molar refractivity (Wildman–Crippen MR) is 130 cm³/mol. The van der Waals surface area contributed by atoms with Gasteiger partial charge in [-0.25, -0.2) is 14.6 Å². The summed E-state index contributed by atoms with van der Waals surface area (Å²) < 4.78 is 0. The molecule has 0 radical (unpaired) electrons. The van der Waals surface area contributed by atoms with Gasteiger partial charge in [0.15, 0.2) is 0 Å². The van der Waals surface area contributed by atoms with Crippen molar-refractivity contribution < 1.29 is 14.7 Å². The van der Waals surface area contributed by atoms with Crippen molar-refractivity contribution in [1.29, 1.82) is 0 Å². The van der Waals surface area contributed by atoms with Gasteiger partial charge in [0.1, 0.15) is 0 Å². The number of nitrogens with one attached hydrogen (secondary N) is 3. The Bertz CT molecular complexity index is 1110. The number of nitrogens with zero attached hydrogens (tertiary/aromatic N) is 1. The third-order valence-corrected chi connectivity index (χ3v) is 6.99. The van der Waals surface area contributed by atoms with Gasteiger partial charge in [0.25, 0.3) is 0 Å². The van der Waals surface area contributed by atoms with Gasteiger partial charge in [0, 0.05) is 41.6 Å². The molecule has 172 valence electrons. The maximum absolute atomic E-state index is 12.2. The lowest BCUT2D eigenvalue weighted by Crippen LogP contribution is -2.36. The van der Waals surface area contributed by atoms with Gasteiger partial charge in [0.05, 0.1) is 9.88 Å². The zero-order valence-corrected chi connectivity index (χ0v) is 18.9. The monoisotopic (exact) mass is 465 g/mol. The van der Waals surface area contributed by atoms with Crippen LogP contribution in [0.15, 0.2) is 54.7 Å². The molecule has 0 spiro atoms. The Morgan fingerprint density at radius 1 is 1.09 bits per heavy atom. The zero-order chi connectivity index (χ0) is 23.2. The fourth-order valence-corrected chi connectivity index (χ4v) is 5.21. The van der Waals surface area contributed by atoms with Crippen molar-refractivity contribution in [1.82, 2.24) is 15.6 Å². The lowest BCUT2D eigenvalue weighted by molar-refractivity contribution is 0.185.